The Kier molecular flexibility index (Phi) is 2.93. The molecule has 1 aromatic rings. The van der Waals surface area contributed by atoms with E-state index in [0.717, 1.165) is 0 Å². The number of hydrogen-bond donors (Lipinski definition) is 2. The van der Waals surface area contributed by atoms with Crippen LogP contribution in [0.4, 0.5) is 0 Å². The molecule has 5 nitrogen and oxygen atoms in total. The summed E-state index contributed by atoms with van der Waals surface area (Å²) in [5.74, 6) is -0.191. The number of nitrogens with two attached hydrogens (primary N) is 1. The van der Waals surface area contributed by atoms with Gasteiger partial charge in [0.25, 0.3) is 5.56 Å². The molecular weight excluding hydrogens is 194 g/mol. The van der Waals surface area contributed by atoms with Crippen LogP contribution in [0, 0.1) is 0 Å². The molecule has 1 heterocycles. The number of carbonyl (C=O) groups is 1. The van der Waals surface area contributed by atoms with Gasteiger partial charge in [-0.05, 0) is 0 Å². The van der Waals surface area contributed by atoms with Crippen LogP contribution in [0.1, 0.15) is 32.3 Å². The van der Waals surface area contributed by atoms with Crippen molar-refractivity contribution in [3.8, 4) is 0 Å². The highest BCUT2D eigenvalue weighted by Gasteiger charge is 2.17. The van der Waals surface area contributed by atoms with Gasteiger partial charge < -0.3 is 10.7 Å². The number of aromatic amines is 1. The van der Waals surface area contributed by atoms with Crippen molar-refractivity contribution in [1.29, 1.82) is 0 Å². The van der Waals surface area contributed by atoms with Crippen LogP contribution in [0.15, 0.2) is 10.9 Å². The summed E-state index contributed by atoms with van der Waals surface area (Å²) in [7, 11) is 0. The SMILES string of the molecule is CC(C)(C)c1cc(=O)[nH]c(CC(N)=O)n1. The van der Waals surface area contributed by atoms with Gasteiger partial charge in [0, 0.05) is 11.5 Å². The van der Waals surface area contributed by atoms with E-state index in [-0.39, 0.29) is 17.4 Å². The summed E-state index contributed by atoms with van der Waals surface area (Å²) in [4.78, 5) is 28.7. The van der Waals surface area contributed by atoms with E-state index in [1.165, 1.54) is 6.07 Å². The molecule has 15 heavy (non-hydrogen) atoms. The topological polar surface area (TPSA) is 88.8 Å². The number of primary amides is 1. The van der Waals surface area contributed by atoms with Gasteiger partial charge in [-0.3, -0.25) is 9.59 Å². The maximum Gasteiger partial charge on any atom is 0.251 e. The van der Waals surface area contributed by atoms with Crippen molar-refractivity contribution in [1.82, 2.24) is 9.97 Å². The van der Waals surface area contributed by atoms with Crippen molar-refractivity contribution in [2.75, 3.05) is 0 Å². The minimum atomic E-state index is -0.510. The Balaban J connectivity index is 3.17. The molecule has 1 aromatic heterocycles. The van der Waals surface area contributed by atoms with E-state index in [4.69, 9.17) is 5.73 Å². The van der Waals surface area contributed by atoms with Crippen LogP contribution in [-0.2, 0) is 16.6 Å². The number of hydrogen-bond acceptors (Lipinski definition) is 3. The zero-order valence-corrected chi connectivity index (χ0v) is 9.13. The largest absolute Gasteiger partial charge is 0.369 e. The van der Waals surface area contributed by atoms with Gasteiger partial charge >= 0.3 is 0 Å². The number of nitrogens with one attached hydrogen (secondary N) is 1. The lowest BCUT2D eigenvalue weighted by atomic mass is 9.92. The summed E-state index contributed by atoms with van der Waals surface area (Å²) in [6, 6.07) is 1.44. The number of carbonyl (C=O) groups excluding carboxylic acids is 1. The molecule has 0 aliphatic carbocycles. The standard InChI is InChI=1S/C10H15N3O2/c1-10(2,3)6-4-9(15)13-8(12-6)5-7(11)14/h4H,5H2,1-3H3,(H2,11,14)(H,12,13,15). The minimum absolute atomic E-state index is 0.0425. The Hall–Kier alpha value is -1.65. The molecule has 3 N–H and O–H groups in total. The van der Waals surface area contributed by atoms with Crippen LogP contribution < -0.4 is 11.3 Å². The summed E-state index contributed by atoms with van der Waals surface area (Å²) in [6.07, 6.45) is -0.0425. The van der Waals surface area contributed by atoms with Crippen LogP contribution in [-0.4, -0.2) is 15.9 Å². The maximum atomic E-state index is 11.3. The molecular formula is C10H15N3O2. The van der Waals surface area contributed by atoms with Gasteiger partial charge in [0.2, 0.25) is 5.91 Å². The highest BCUT2D eigenvalue weighted by molar-refractivity contribution is 5.75. The predicted molar refractivity (Wildman–Crippen MR) is 56.5 cm³/mol. The normalized spacial score (nSPS) is 11.4. The third-order valence-electron chi connectivity index (χ3n) is 1.90. The molecule has 0 unspecified atom stereocenters. The van der Waals surface area contributed by atoms with Crippen molar-refractivity contribution in [3.05, 3.63) is 27.9 Å². The van der Waals surface area contributed by atoms with Crippen LogP contribution in [0.5, 0.6) is 0 Å². The molecule has 0 fully saturated rings. The average Bonchev–Trinajstić information content (AvgIpc) is 1.99. The van der Waals surface area contributed by atoms with Crippen molar-refractivity contribution in [3.63, 3.8) is 0 Å². The fourth-order valence-corrected chi connectivity index (χ4v) is 1.14. The fourth-order valence-electron chi connectivity index (χ4n) is 1.14. The fraction of sp³-hybridized carbons (Fsp3) is 0.500. The molecule has 0 atom stereocenters. The van der Waals surface area contributed by atoms with E-state index in [0.29, 0.717) is 11.5 Å². The number of nitrogens with zero attached hydrogens (tertiary/aromatic N) is 1. The maximum absolute atomic E-state index is 11.3. The molecule has 1 amide bonds. The van der Waals surface area contributed by atoms with E-state index in [9.17, 15) is 9.59 Å². The molecule has 0 saturated heterocycles. The predicted octanol–water partition coefficient (Wildman–Crippen LogP) is 0.0952. The first-order valence-corrected chi connectivity index (χ1v) is 4.68. The molecule has 0 aliphatic rings. The Morgan fingerprint density at radius 1 is 1.53 bits per heavy atom. The van der Waals surface area contributed by atoms with E-state index in [2.05, 4.69) is 9.97 Å². The zero-order valence-electron chi connectivity index (χ0n) is 9.13. The quantitative estimate of drug-likeness (QED) is 0.723. The van der Waals surface area contributed by atoms with Crippen LogP contribution >= 0.6 is 0 Å². The van der Waals surface area contributed by atoms with E-state index in [1.807, 2.05) is 20.8 Å². The number of rotatable bonds is 2. The summed E-state index contributed by atoms with van der Waals surface area (Å²) in [6.45, 7) is 5.84. The Labute approximate surface area is 87.7 Å². The van der Waals surface area contributed by atoms with E-state index >= 15 is 0 Å². The smallest absolute Gasteiger partial charge is 0.251 e. The molecule has 0 saturated carbocycles. The lowest BCUT2D eigenvalue weighted by Crippen LogP contribution is -2.24. The second-order valence-electron chi connectivity index (χ2n) is 4.47. The molecule has 1 rings (SSSR count). The van der Waals surface area contributed by atoms with Crippen molar-refractivity contribution >= 4 is 5.91 Å². The van der Waals surface area contributed by atoms with Gasteiger partial charge in [0.1, 0.15) is 5.82 Å². The van der Waals surface area contributed by atoms with Gasteiger partial charge in [0.05, 0.1) is 12.1 Å². The lowest BCUT2D eigenvalue weighted by Gasteiger charge is -2.17. The highest BCUT2D eigenvalue weighted by atomic mass is 16.1. The number of H-pyrrole nitrogens is 1. The van der Waals surface area contributed by atoms with E-state index < -0.39 is 5.91 Å². The Bertz CT molecular complexity index is 429. The molecule has 0 radical (unpaired) electrons. The van der Waals surface area contributed by atoms with Gasteiger partial charge in [-0.25, -0.2) is 4.98 Å². The summed E-state index contributed by atoms with van der Waals surface area (Å²) in [5.41, 5.74) is 5.21. The first-order chi connectivity index (χ1) is 6.79. The van der Waals surface area contributed by atoms with Crippen LogP contribution in [0.3, 0.4) is 0 Å². The number of amides is 1. The Morgan fingerprint density at radius 3 is 2.60 bits per heavy atom. The summed E-state index contributed by atoms with van der Waals surface area (Å²) >= 11 is 0. The van der Waals surface area contributed by atoms with Crippen molar-refractivity contribution in [2.45, 2.75) is 32.6 Å². The zero-order chi connectivity index (χ0) is 11.6. The molecule has 5 heteroatoms. The first kappa shape index (κ1) is 11.4. The van der Waals surface area contributed by atoms with Gasteiger partial charge in [-0.15, -0.1) is 0 Å². The third-order valence-corrected chi connectivity index (χ3v) is 1.90. The second kappa shape index (κ2) is 3.84. The average molecular weight is 209 g/mol. The minimum Gasteiger partial charge on any atom is -0.369 e. The Morgan fingerprint density at radius 2 is 2.13 bits per heavy atom. The monoisotopic (exact) mass is 209 g/mol. The van der Waals surface area contributed by atoms with Gasteiger partial charge in [0.15, 0.2) is 0 Å². The van der Waals surface area contributed by atoms with Gasteiger partial charge in [-0.2, -0.15) is 0 Å². The molecule has 0 aromatic carbocycles. The third kappa shape index (κ3) is 3.19. The summed E-state index contributed by atoms with van der Waals surface area (Å²) in [5, 5.41) is 0. The molecule has 0 spiro atoms. The second-order valence-corrected chi connectivity index (χ2v) is 4.47. The highest BCUT2D eigenvalue weighted by Crippen LogP contribution is 2.17. The molecule has 0 aliphatic heterocycles. The molecule has 0 bridgehead atoms. The first-order valence-electron chi connectivity index (χ1n) is 4.68. The van der Waals surface area contributed by atoms with Gasteiger partial charge in [-0.1, -0.05) is 20.8 Å². The van der Waals surface area contributed by atoms with Crippen molar-refractivity contribution in [2.24, 2.45) is 5.73 Å². The van der Waals surface area contributed by atoms with Crippen LogP contribution in [0.2, 0.25) is 0 Å². The number of aromatic nitrogens is 2. The van der Waals surface area contributed by atoms with E-state index in [1.54, 1.807) is 0 Å². The molecule has 82 valence electrons. The van der Waals surface area contributed by atoms with Crippen molar-refractivity contribution < 1.29 is 4.79 Å². The lowest BCUT2D eigenvalue weighted by molar-refractivity contribution is -0.117. The summed E-state index contributed by atoms with van der Waals surface area (Å²) < 4.78 is 0. The van der Waals surface area contributed by atoms with Crippen LogP contribution in [0.25, 0.3) is 0 Å².